The fourth-order valence-corrected chi connectivity index (χ4v) is 4.14. The fraction of sp³-hybridized carbons (Fsp3) is 0.476. The molecule has 2 aromatic rings. The lowest BCUT2D eigenvalue weighted by Gasteiger charge is -2.30. The van der Waals surface area contributed by atoms with E-state index in [1.807, 2.05) is 16.8 Å². The van der Waals surface area contributed by atoms with Gasteiger partial charge in [-0.3, -0.25) is 19.2 Å². The number of aromatic nitrogens is 2. The SMILES string of the molecule is NC(=O)C1CCN(C(=O)c2cc3n(n2)CCCN(Cc2ccccc2)C3)CC1. The molecule has 7 heteroatoms. The number of nitrogens with two attached hydrogens (primary N) is 1. The highest BCUT2D eigenvalue weighted by atomic mass is 16.2. The molecule has 148 valence electrons. The molecule has 2 aliphatic rings. The van der Waals surface area contributed by atoms with Crippen molar-refractivity contribution in [2.24, 2.45) is 11.7 Å². The van der Waals surface area contributed by atoms with E-state index < -0.39 is 0 Å². The lowest BCUT2D eigenvalue weighted by molar-refractivity contribution is -0.123. The number of carbonyl (C=O) groups is 2. The zero-order valence-electron chi connectivity index (χ0n) is 16.1. The van der Waals surface area contributed by atoms with E-state index in [0.29, 0.717) is 31.6 Å². The number of primary amides is 1. The van der Waals surface area contributed by atoms with Crippen LogP contribution in [0.25, 0.3) is 0 Å². The maximum Gasteiger partial charge on any atom is 0.274 e. The molecule has 2 aliphatic heterocycles. The second-order valence-electron chi connectivity index (χ2n) is 7.76. The number of rotatable bonds is 4. The molecule has 2 N–H and O–H groups in total. The summed E-state index contributed by atoms with van der Waals surface area (Å²) in [6.07, 6.45) is 2.29. The number of amides is 2. The van der Waals surface area contributed by atoms with Gasteiger partial charge < -0.3 is 10.6 Å². The molecule has 1 fully saturated rings. The first-order chi connectivity index (χ1) is 13.6. The average molecular weight is 381 g/mol. The molecule has 3 heterocycles. The van der Waals surface area contributed by atoms with E-state index in [2.05, 4.69) is 34.3 Å². The Bertz CT molecular complexity index is 840. The van der Waals surface area contributed by atoms with Gasteiger partial charge in [0.15, 0.2) is 5.69 Å². The van der Waals surface area contributed by atoms with Gasteiger partial charge in [-0.25, -0.2) is 0 Å². The van der Waals surface area contributed by atoms with Crippen LogP contribution in [0.3, 0.4) is 0 Å². The molecule has 1 saturated heterocycles. The summed E-state index contributed by atoms with van der Waals surface area (Å²) < 4.78 is 1.98. The summed E-state index contributed by atoms with van der Waals surface area (Å²) in [6.45, 7) is 4.66. The van der Waals surface area contributed by atoms with Gasteiger partial charge in [0, 0.05) is 45.2 Å². The molecule has 0 radical (unpaired) electrons. The van der Waals surface area contributed by atoms with Crippen LogP contribution in [-0.2, 0) is 24.4 Å². The molecule has 0 saturated carbocycles. The summed E-state index contributed by atoms with van der Waals surface area (Å²) >= 11 is 0. The second-order valence-corrected chi connectivity index (χ2v) is 7.76. The Morgan fingerprint density at radius 3 is 2.54 bits per heavy atom. The van der Waals surface area contributed by atoms with Gasteiger partial charge in [0.25, 0.3) is 5.91 Å². The van der Waals surface area contributed by atoms with Gasteiger partial charge >= 0.3 is 0 Å². The Morgan fingerprint density at radius 2 is 1.82 bits per heavy atom. The maximum atomic E-state index is 12.9. The molecular formula is C21H27N5O2. The molecular weight excluding hydrogens is 354 g/mol. The smallest absolute Gasteiger partial charge is 0.274 e. The number of aryl methyl sites for hydroxylation is 1. The van der Waals surface area contributed by atoms with E-state index >= 15 is 0 Å². The van der Waals surface area contributed by atoms with Gasteiger partial charge in [-0.1, -0.05) is 30.3 Å². The topological polar surface area (TPSA) is 84.5 Å². The van der Waals surface area contributed by atoms with Crippen LogP contribution in [0.1, 0.15) is 41.0 Å². The average Bonchev–Trinajstić information content (AvgIpc) is 3.01. The predicted molar refractivity (Wildman–Crippen MR) is 105 cm³/mol. The minimum absolute atomic E-state index is 0.0434. The third-order valence-electron chi connectivity index (χ3n) is 5.75. The molecule has 0 spiro atoms. The summed E-state index contributed by atoms with van der Waals surface area (Å²) in [5, 5.41) is 4.59. The summed E-state index contributed by atoms with van der Waals surface area (Å²) in [6, 6.07) is 12.4. The van der Waals surface area contributed by atoms with Crippen molar-refractivity contribution >= 4 is 11.8 Å². The van der Waals surface area contributed by atoms with E-state index in [-0.39, 0.29) is 17.7 Å². The number of benzene rings is 1. The molecule has 1 aromatic carbocycles. The first-order valence-electron chi connectivity index (χ1n) is 10.0. The number of piperidine rings is 1. The van der Waals surface area contributed by atoms with Crippen LogP contribution in [0.4, 0.5) is 0 Å². The second kappa shape index (κ2) is 8.14. The maximum absolute atomic E-state index is 12.9. The van der Waals surface area contributed by atoms with Crippen LogP contribution < -0.4 is 5.73 Å². The summed E-state index contributed by atoms with van der Waals surface area (Å²) in [7, 11) is 0. The molecule has 0 bridgehead atoms. The molecule has 0 unspecified atom stereocenters. The van der Waals surface area contributed by atoms with Crippen molar-refractivity contribution in [3.05, 3.63) is 53.3 Å². The van der Waals surface area contributed by atoms with Crippen molar-refractivity contribution < 1.29 is 9.59 Å². The van der Waals surface area contributed by atoms with Gasteiger partial charge in [0.2, 0.25) is 5.91 Å². The fourth-order valence-electron chi connectivity index (χ4n) is 4.14. The van der Waals surface area contributed by atoms with Crippen LogP contribution >= 0.6 is 0 Å². The molecule has 4 rings (SSSR count). The zero-order valence-corrected chi connectivity index (χ0v) is 16.1. The van der Waals surface area contributed by atoms with Crippen LogP contribution in [0, 0.1) is 5.92 Å². The number of fused-ring (bicyclic) bond motifs is 1. The Morgan fingerprint density at radius 1 is 1.07 bits per heavy atom. The Hall–Kier alpha value is -2.67. The molecule has 1 aromatic heterocycles. The molecule has 2 amide bonds. The molecule has 0 atom stereocenters. The first kappa shape index (κ1) is 18.7. The number of carbonyl (C=O) groups excluding carboxylic acids is 2. The monoisotopic (exact) mass is 381 g/mol. The minimum Gasteiger partial charge on any atom is -0.369 e. The molecule has 7 nitrogen and oxygen atoms in total. The lowest BCUT2D eigenvalue weighted by Crippen LogP contribution is -2.41. The zero-order chi connectivity index (χ0) is 19.5. The number of hydrogen-bond acceptors (Lipinski definition) is 4. The Kier molecular flexibility index (Phi) is 5.43. The van der Waals surface area contributed by atoms with Gasteiger partial charge in [0.1, 0.15) is 0 Å². The highest BCUT2D eigenvalue weighted by Gasteiger charge is 2.28. The van der Waals surface area contributed by atoms with Crippen LogP contribution in [0.15, 0.2) is 36.4 Å². The third-order valence-corrected chi connectivity index (χ3v) is 5.75. The van der Waals surface area contributed by atoms with Crippen molar-refractivity contribution in [2.75, 3.05) is 19.6 Å². The standard InChI is InChI=1S/C21H27N5O2/c22-20(27)17-7-11-25(12-8-17)21(28)19-13-18-15-24(9-4-10-26(18)23-19)14-16-5-2-1-3-6-16/h1-3,5-6,13,17H,4,7-12,14-15H2,(H2,22,27). The van der Waals surface area contributed by atoms with E-state index in [1.54, 1.807) is 4.90 Å². The largest absolute Gasteiger partial charge is 0.369 e. The van der Waals surface area contributed by atoms with Gasteiger partial charge in [-0.2, -0.15) is 5.10 Å². The van der Waals surface area contributed by atoms with Gasteiger partial charge in [-0.05, 0) is 30.9 Å². The van der Waals surface area contributed by atoms with Crippen LogP contribution in [-0.4, -0.2) is 51.0 Å². The van der Waals surface area contributed by atoms with Crippen molar-refractivity contribution in [2.45, 2.75) is 38.9 Å². The summed E-state index contributed by atoms with van der Waals surface area (Å²) in [4.78, 5) is 28.4. The number of likely N-dealkylation sites (tertiary alicyclic amines) is 1. The van der Waals surface area contributed by atoms with Gasteiger partial charge in [-0.15, -0.1) is 0 Å². The quantitative estimate of drug-likeness (QED) is 0.872. The van der Waals surface area contributed by atoms with E-state index in [1.165, 1.54) is 5.56 Å². The summed E-state index contributed by atoms with van der Waals surface area (Å²) in [5.74, 6) is -0.424. The lowest BCUT2D eigenvalue weighted by atomic mass is 9.96. The minimum atomic E-state index is -0.265. The van der Waals surface area contributed by atoms with Crippen molar-refractivity contribution in [3.8, 4) is 0 Å². The van der Waals surface area contributed by atoms with Crippen molar-refractivity contribution in [1.82, 2.24) is 19.6 Å². The van der Waals surface area contributed by atoms with E-state index in [0.717, 1.165) is 38.3 Å². The Labute approximate surface area is 165 Å². The van der Waals surface area contributed by atoms with Crippen molar-refractivity contribution in [3.63, 3.8) is 0 Å². The number of hydrogen-bond donors (Lipinski definition) is 1. The summed E-state index contributed by atoms with van der Waals surface area (Å²) in [5.41, 5.74) is 8.28. The van der Waals surface area contributed by atoms with E-state index in [9.17, 15) is 9.59 Å². The molecule has 28 heavy (non-hydrogen) atoms. The third kappa shape index (κ3) is 4.09. The van der Waals surface area contributed by atoms with Crippen LogP contribution in [0.2, 0.25) is 0 Å². The van der Waals surface area contributed by atoms with E-state index in [4.69, 9.17) is 5.73 Å². The highest BCUT2D eigenvalue weighted by Crippen LogP contribution is 2.21. The number of nitrogens with zero attached hydrogens (tertiary/aromatic N) is 4. The van der Waals surface area contributed by atoms with Crippen LogP contribution in [0.5, 0.6) is 0 Å². The van der Waals surface area contributed by atoms with Gasteiger partial charge in [0.05, 0.1) is 5.69 Å². The normalized spacial score (nSPS) is 18.5. The first-order valence-corrected chi connectivity index (χ1v) is 10.0. The van der Waals surface area contributed by atoms with Crippen molar-refractivity contribution in [1.29, 1.82) is 0 Å². The Balaban J connectivity index is 1.42. The highest BCUT2D eigenvalue weighted by molar-refractivity contribution is 5.92. The molecule has 0 aliphatic carbocycles. The predicted octanol–water partition coefficient (Wildman–Crippen LogP) is 1.63.